The summed E-state index contributed by atoms with van der Waals surface area (Å²) in [6.45, 7) is 2.45. The van der Waals surface area contributed by atoms with Crippen LogP contribution in [-0.2, 0) is 0 Å². The third kappa shape index (κ3) is 2.04. The number of carbonyl (C=O) groups is 1. The molecule has 0 aromatic rings. The zero-order valence-corrected chi connectivity index (χ0v) is 8.67. The van der Waals surface area contributed by atoms with Gasteiger partial charge in [-0.3, -0.25) is 10.3 Å². The highest BCUT2D eigenvalue weighted by atomic mass is 35.5. The van der Waals surface area contributed by atoms with Crippen molar-refractivity contribution in [1.82, 2.24) is 9.80 Å². The van der Waals surface area contributed by atoms with Gasteiger partial charge < -0.3 is 4.90 Å². The van der Waals surface area contributed by atoms with Crippen LogP contribution in [0, 0.1) is 5.41 Å². The van der Waals surface area contributed by atoms with Crippen LogP contribution < -0.4 is 0 Å². The van der Waals surface area contributed by atoms with E-state index >= 15 is 0 Å². The standard InChI is InChI=1S/C6H11N3OS.ClH/c1-3-9-5(7)11-4-8(2)6(9)10;/h7H,3-4H2,1-2H3;1H. The van der Waals surface area contributed by atoms with Crippen molar-refractivity contribution in [2.24, 2.45) is 0 Å². The number of carbonyl (C=O) groups excluding carboxylic acids is 1. The van der Waals surface area contributed by atoms with E-state index in [1.165, 1.54) is 16.7 Å². The fraction of sp³-hybridized carbons (Fsp3) is 0.667. The van der Waals surface area contributed by atoms with E-state index in [0.29, 0.717) is 17.6 Å². The van der Waals surface area contributed by atoms with Gasteiger partial charge in [-0.1, -0.05) is 11.8 Å². The number of halogens is 1. The summed E-state index contributed by atoms with van der Waals surface area (Å²) in [6, 6.07) is -0.0729. The topological polar surface area (TPSA) is 47.4 Å². The van der Waals surface area contributed by atoms with Crippen LogP contribution >= 0.6 is 24.2 Å². The lowest BCUT2D eigenvalue weighted by Gasteiger charge is -2.31. The van der Waals surface area contributed by atoms with Gasteiger partial charge in [0.15, 0.2) is 5.17 Å². The molecule has 4 nitrogen and oxygen atoms in total. The molecule has 1 aliphatic heterocycles. The first kappa shape index (κ1) is 11.6. The van der Waals surface area contributed by atoms with Gasteiger partial charge in [-0.2, -0.15) is 0 Å². The SMILES string of the molecule is CCN1C(=N)SCN(C)C1=O.Cl. The van der Waals surface area contributed by atoms with E-state index in [1.54, 1.807) is 11.9 Å². The van der Waals surface area contributed by atoms with Crippen molar-refractivity contribution in [2.75, 3.05) is 19.5 Å². The molecule has 0 spiro atoms. The monoisotopic (exact) mass is 209 g/mol. The number of thioether (sulfide) groups is 1. The highest BCUT2D eigenvalue weighted by molar-refractivity contribution is 8.13. The van der Waals surface area contributed by atoms with Crippen LogP contribution in [0.4, 0.5) is 4.79 Å². The van der Waals surface area contributed by atoms with Gasteiger partial charge in [0.2, 0.25) is 0 Å². The van der Waals surface area contributed by atoms with Crippen LogP contribution in [0.15, 0.2) is 0 Å². The van der Waals surface area contributed by atoms with Crippen LogP contribution in [0.5, 0.6) is 0 Å². The molecule has 0 aromatic carbocycles. The second-order valence-corrected chi connectivity index (χ2v) is 3.24. The third-order valence-corrected chi connectivity index (χ3v) is 2.52. The fourth-order valence-corrected chi connectivity index (χ4v) is 1.65. The van der Waals surface area contributed by atoms with E-state index in [-0.39, 0.29) is 18.4 Å². The maximum atomic E-state index is 11.3. The van der Waals surface area contributed by atoms with E-state index in [0.717, 1.165) is 0 Å². The van der Waals surface area contributed by atoms with Gasteiger partial charge in [-0.15, -0.1) is 12.4 Å². The second kappa shape index (κ2) is 4.57. The fourth-order valence-electron chi connectivity index (χ4n) is 0.863. The van der Waals surface area contributed by atoms with Gasteiger partial charge in [0.1, 0.15) is 0 Å². The average Bonchev–Trinajstić information content (AvgIpc) is 1.99. The van der Waals surface area contributed by atoms with Crippen molar-refractivity contribution in [2.45, 2.75) is 6.92 Å². The number of hydrogen-bond donors (Lipinski definition) is 1. The molecule has 12 heavy (non-hydrogen) atoms. The lowest BCUT2D eigenvalue weighted by molar-refractivity contribution is 0.193. The summed E-state index contributed by atoms with van der Waals surface area (Å²) >= 11 is 1.38. The third-order valence-electron chi connectivity index (χ3n) is 1.51. The van der Waals surface area contributed by atoms with Crippen molar-refractivity contribution in [3.8, 4) is 0 Å². The number of urea groups is 1. The average molecular weight is 210 g/mol. The maximum Gasteiger partial charge on any atom is 0.326 e. The molecule has 0 atom stereocenters. The summed E-state index contributed by atoms with van der Waals surface area (Å²) in [5, 5.41) is 7.76. The molecular formula is C6H12ClN3OS. The summed E-state index contributed by atoms with van der Waals surface area (Å²) in [6.07, 6.45) is 0. The Morgan fingerprint density at radius 1 is 1.67 bits per heavy atom. The molecule has 70 valence electrons. The van der Waals surface area contributed by atoms with E-state index < -0.39 is 0 Å². The van der Waals surface area contributed by atoms with Gasteiger partial charge in [-0.25, -0.2) is 4.79 Å². The Morgan fingerprint density at radius 3 is 2.67 bits per heavy atom. The summed E-state index contributed by atoms with van der Waals surface area (Å²) in [5.41, 5.74) is 0. The van der Waals surface area contributed by atoms with Crippen LogP contribution in [0.1, 0.15) is 6.92 Å². The first-order valence-corrected chi connectivity index (χ1v) is 4.39. The largest absolute Gasteiger partial charge is 0.326 e. The Hall–Kier alpha value is -0.420. The van der Waals surface area contributed by atoms with Gasteiger partial charge in [0.05, 0.1) is 5.88 Å². The van der Waals surface area contributed by atoms with Crippen molar-refractivity contribution in [3.63, 3.8) is 0 Å². The summed E-state index contributed by atoms with van der Waals surface area (Å²) in [5.74, 6) is 0.591. The minimum absolute atomic E-state index is 0. The summed E-state index contributed by atoms with van der Waals surface area (Å²) < 4.78 is 0. The summed E-state index contributed by atoms with van der Waals surface area (Å²) in [7, 11) is 1.74. The molecule has 1 N–H and O–H groups in total. The number of nitrogens with one attached hydrogen (secondary N) is 1. The molecule has 1 heterocycles. The predicted octanol–water partition coefficient (Wildman–Crippen LogP) is 1.42. The molecule has 1 aliphatic rings. The number of nitrogens with zero attached hydrogens (tertiary/aromatic N) is 2. The van der Waals surface area contributed by atoms with Crippen LogP contribution in [-0.4, -0.2) is 40.5 Å². The summed E-state index contributed by atoms with van der Waals surface area (Å²) in [4.78, 5) is 14.3. The molecule has 0 unspecified atom stereocenters. The Kier molecular flexibility index (Phi) is 4.41. The lowest BCUT2D eigenvalue weighted by atomic mass is 10.6. The number of hydrogen-bond acceptors (Lipinski definition) is 3. The second-order valence-electron chi connectivity index (χ2n) is 2.30. The van der Waals surface area contributed by atoms with E-state index in [9.17, 15) is 4.79 Å². The van der Waals surface area contributed by atoms with Gasteiger partial charge in [0, 0.05) is 13.6 Å². The van der Waals surface area contributed by atoms with E-state index in [1.807, 2.05) is 6.92 Å². The number of amides is 2. The molecule has 1 rings (SSSR count). The molecular weight excluding hydrogens is 198 g/mol. The van der Waals surface area contributed by atoms with Crippen LogP contribution in [0.3, 0.4) is 0 Å². The molecule has 0 bridgehead atoms. The van der Waals surface area contributed by atoms with E-state index in [4.69, 9.17) is 5.41 Å². The zero-order valence-electron chi connectivity index (χ0n) is 7.03. The van der Waals surface area contributed by atoms with E-state index in [2.05, 4.69) is 0 Å². The number of rotatable bonds is 1. The van der Waals surface area contributed by atoms with Crippen molar-refractivity contribution >= 4 is 35.4 Å². The molecule has 0 radical (unpaired) electrons. The Labute approximate surface area is 82.2 Å². The first-order chi connectivity index (χ1) is 5.16. The van der Waals surface area contributed by atoms with Gasteiger partial charge >= 0.3 is 6.03 Å². The molecule has 1 saturated heterocycles. The van der Waals surface area contributed by atoms with Crippen molar-refractivity contribution in [1.29, 1.82) is 5.41 Å². The van der Waals surface area contributed by atoms with Gasteiger partial charge in [0.25, 0.3) is 0 Å². The van der Waals surface area contributed by atoms with Crippen LogP contribution in [0.2, 0.25) is 0 Å². The Morgan fingerprint density at radius 2 is 2.25 bits per heavy atom. The van der Waals surface area contributed by atoms with Crippen molar-refractivity contribution in [3.05, 3.63) is 0 Å². The highest BCUT2D eigenvalue weighted by Gasteiger charge is 2.25. The van der Waals surface area contributed by atoms with Crippen molar-refractivity contribution < 1.29 is 4.79 Å². The highest BCUT2D eigenvalue weighted by Crippen LogP contribution is 2.16. The first-order valence-electron chi connectivity index (χ1n) is 3.40. The normalized spacial score (nSPS) is 17.8. The molecule has 0 aliphatic carbocycles. The Bertz CT molecular complexity index is 199. The molecule has 0 aromatic heterocycles. The number of amidine groups is 1. The lowest BCUT2D eigenvalue weighted by Crippen LogP contribution is -2.47. The smallest absolute Gasteiger partial charge is 0.318 e. The molecule has 6 heteroatoms. The molecule has 0 saturated carbocycles. The zero-order chi connectivity index (χ0) is 8.43. The molecule has 2 amide bonds. The van der Waals surface area contributed by atoms with Gasteiger partial charge in [-0.05, 0) is 6.92 Å². The minimum atomic E-state index is -0.0729. The molecule has 1 fully saturated rings. The minimum Gasteiger partial charge on any atom is -0.318 e. The maximum absolute atomic E-state index is 11.3. The quantitative estimate of drug-likeness (QED) is 0.710. The predicted molar refractivity (Wildman–Crippen MR) is 53.0 cm³/mol. The van der Waals surface area contributed by atoms with Crippen LogP contribution in [0.25, 0.3) is 0 Å². The Balaban J connectivity index is 0.00000121.